The fourth-order valence-corrected chi connectivity index (χ4v) is 1.89. The van der Waals surface area contributed by atoms with Crippen molar-refractivity contribution in [3.63, 3.8) is 0 Å². The molecule has 1 atom stereocenters. The number of amides is 2. The Labute approximate surface area is 104 Å². The Kier molecular flexibility index (Phi) is 5.45. The van der Waals surface area contributed by atoms with Gasteiger partial charge in [0.05, 0.1) is 0 Å². The molecule has 0 bridgehead atoms. The van der Waals surface area contributed by atoms with Crippen LogP contribution in [0.5, 0.6) is 0 Å². The second-order valence-corrected chi connectivity index (χ2v) is 4.88. The molecule has 0 aromatic heterocycles. The standard InChI is InChI=1S/C13H24N2O2/c1-4-11(5-2)15-12(16)9(3)14-13(17)10-7-6-8-10/h9-11H,4-8H2,1-3H3,(H,14,17)(H,15,16). The van der Waals surface area contributed by atoms with Gasteiger partial charge < -0.3 is 10.6 Å². The monoisotopic (exact) mass is 240 g/mol. The van der Waals surface area contributed by atoms with Gasteiger partial charge in [0.25, 0.3) is 0 Å². The first-order valence-corrected chi connectivity index (χ1v) is 6.69. The van der Waals surface area contributed by atoms with Crippen LogP contribution >= 0.6 is 0 Å². The van der Waals surface area contributed by atoms with Gasteiger partial charge in [-0.25, -0.2) is 0 Å². The molecule has 1 rings (SSSR count). The van der Waals surface area contributed by atoms with Crippen LogP contribution in [0.4, 0.5) is 0 Å². The van der Waals surface area contributed by atoms with Crippen molar-refractivity contribution in [2.24, 2.45) is 5.92 Å². The van der Waals surface area contributed by atoms with Crippen LogP contribution < -0.4 is 10.6 Å². The van der Waals surface area contributed by atoms with E-state index in [4.69, 9.17) is 0 Å². The number of nitrogens with one attached hydrogen (secondary N) is 2. The zero-order chi connectivity index (χ0) is 12.8. The summed E-state index contributed by atoms with van der Waals surface area (Å²) in [5.74, 6) is 0.0909. The molecule has 0 aromatic carbocycles. The van der Waals surface area contributed by atoms with E-state index >= 15 is 0 Å². The van der Waals surface area contributed by atoms with Crippen molar-refractivity contribution in [3.05, 3.63) is 0 Å². The molecule has 1 fully saturated rings. The van der Waals surface area contributed by atoms with Crippen molar-refractivity contribution in [2.45, 2.75) is 65.0 Å². The lowest BCUT2D eigenvalue weighted by Crippen LogP contribution is -2.49. The van der Waals surface area contributed by atoms with E-state index in [0.717, 1.165) is 32.1 Å². The molecule has 1 unspecified atom stereocenters. The van der Waals surface area contributed by atoms with Gasteiger partial charge in [-0.3, -0.25) is 9.59 Å². The van der Waals surface area contributed by atoms with E-state index < -0.39 is 6.04 Å². The van der Waals surface area contributed by atoms with Crippen LogP contribution in [0.2, 0.25) is 0 Å². The van der Waals surface area contributed by atoms with Crippen molar-refractivity contribution in [1.29, 1.82) is 0 Å². The smallest absolute Gasteiger partial charge is 0.242 e. The summed E-state index contributed by atoms with van der Waals surface area (Å²) in [7, 11) is 0. The summed E-state index contributed by atoms with van der Waals surface area (Å²) in [5, 5.41) is 5.73. The minimum absolute atomic E-state index is 0.0310. The SMILES string of the molecule is CCC(CC)NC(=O)C(C)NC(=O)C1CCC1. The van der Waals surface area contributed by atoms with Gasteiger partial charge in [0.15, 0.2) is 0 Å². The van der Waals surface area contributed by atoms with Crippen LogP contribution in [0.3, 0.4) is 0 Å². The quantitative estimate of drug-likeness (QED) is 0.741. The van der Waals surface area contributed by atoms with Crippen LogP contribution in [0.25, 0.3) is 0 Å². The number of hydrogen-bond acceptors (Lipinski definition) is 2. The first-order valence-electron chi connectivity index (χ1n) is 6.69. The third-order valence-corrected chi connectivity index (χ3v) is 3.56. The predicted octanol–water partition coefficient (Wildman–Crippen LogP) is 1.60. The van der Waals surface area contributed by atoms with Gasteiger partial charge in [-0.1, -0.05) is 20.3 Å². The Morgan fingerprint density at radius 2 is 1.76 bits per heavy atom. The van der Waals surface area contributed by atoms with E-state index in [2.05, 4.69) is 10.6 Å². The fourth-order valence-electron chi connectivity index (χ4n) is 1.89. The van der Waals surface area contributed by atoms with Crippen molar-refractivity contribution < 1.29 is 9.59 Å². The molecular formula is C13H24N2O2. The summed E-state index contributed by atoms with van der Waals surface area (Å²) in [6.07, 6.45) is 4.91. The summed E-state index contributed by atoms with van der Waals surface area (Å²) in [5.41, 5.74) is 0. The van der Waals surface area contributed by atoms with Crippen LogP contribution in [0, 0.1) is 5.92 Å². The van der Waals surface area contributed by atoms with Gasteiger partial charge in [-0.05, 0) is 32.6 Å². The topological polar surface area (TPSA) is 58.2 Å². The Bertz CT molecular complexity index is 271. The van der Waals surface area contributed by atoms with Crippen molar-refractivity contribution in [2.75, 3.05) is 0 Å². The normalized spacial score (nSPS) is 17.4. The Hall–Kier alpha value is -1.06. The molecule has 4 heteroatoms. The molecule has 2 amide bonds. The highest BCUT2D eigenvalue weighted by Gasteiger charge is 2.27. The largest absolute Gasteiger partial charge is 0.352 e. The highest BCUT2D eigenvalue weighted by atomic mass is 16.2. The summed E-state index contributed by atoms with van der Waals surface area (Å²) >= 11 is 0. The number of carbonyl (C=O) groups excluding carboxylic acids is 2. The molecule has 1 saturated carbocycles. The van der Waals surface area contributed by atoms with Gasteiger partial charge >= 0.3 is 0 Å². The van der Waals surface area contributed by atoms with Gasteiger partial charge in [0.1, 0.15) is 6.04 Å². The maximum Gasteiger partial charge on any atom is 0.242 e. The minimum atomic E-state index is -0.427. The number of rotatable bonds is 6. The second kappa shape index (κ2) is 6.62. The Morgan fingerprint density at radius 3 is 2.18 bits per heavy atom. The van der Waals surface area contributed by atoms with E-state index in [0.29, 0.717) is 0 Å². The summed E-state index contributed by atoms with van der Waals surface area (Å²) < 4.78 is 0. The molecule has 0 heterocycles. The molecule has 0 radical (unpaired) electrons. The summed E-state index contributed by atoms with van der Waals surface area (Å²) in [6.45, 7) is 5.84. The highest BCUT2D eigenvalue weighted by molar-refractivity contribution is 5.88. The van der Waals surface area contributed by atoms with E-state index in [1.165, 1.54) is 0 Å². The van der Waals surface area contributed by atoms with E-state index in [-0.39, 0.29) is 23.8 Å². The molecule has 2 N–H and O–H groups in total. The lowest BCUT2D eigenvalue weighted by molar-refractivity contribution is -0.132. The molecule has 0 aromatic rings. The molecule has 17 heavy (non-hydrogen) atoms. The molecule has 0 aliphatic heterocycles. The number of hydrogen-bond donors (Lipinski definition) is 2. The zero-order valence-electron chi connectivity index (χ0n) is 11.1. The van der Waals surface area contributed by atoms with Crippen LogP contribution in [0.15, 0.2) is 0 Å². The third kappa shape index (κ3) is 4.02. The van der Waals surface area contributed by atoms with Gasteiger partial charge in [0.2, 0.25) is 11.8 Å². The zero-order valence-corrected chi connectivity index (χ0v) is 11.1. The van der Waals surface area contributed by atoms with E-state index in [1.807, 2.05) is 13.8 Å². The third-order valence-electron chi connectivity index (χ3n) is 3.56. The van der Waals surface area contributed by atoms with Crippen LogP contribution in [-0.2, 0) is 9.59 Å². The molecule has 98 valence electrons. The summed E-state index contributed by atoms with van der Waals surface area (Å²) in [6, 6.07) is -0.214. The molecular weight excluding hydrogens is 216 g/mol. The number of carbonyl (C=O) groups is 2. The first kappa shape index (κ1) is 14.0. The van der Waals surface area contributed by atoms with Gasteiger partial charge in [-0.15, -0.1) is 0 Å². The maximum absolute atomic E-state index is 11.8. The van der Waals surface area contributed by atoms with E-state index in [9.17, 15) is 9.59 Å². The Morgan fingerprint density at radius 1 is 1.18 bits per heavy atom. The van der Waals surface area contributed by atoms with Crippen LogP contribution in [0.1, 0.15) is 52.9 Å². The molecule has 0 spiro atoms. The molecule has 0 saturated heterocycles. The van der Waals surface area contributed by atoms with Gasteiger partial charge in [0, 0.05) is 12.0 Å². The second-order valence-electron chi connectivity index (χ2n) is 4.88. The Balaban J connectivity index is 2.32. The first-order chi connectivity index (χ1) is 8.08. The lowest BCUT2D eigenvalue weighted by atomic mass is 9.84. The predicted molar refractivity (Wildman–Crippen MR) is 67.5 cm³/mol. The average Bonchev–Trinajstić information content (AvgIpc) is 2.22. The van der Waals surface area contributed by atoms with E-state index in [1.54, 1.807) is 6.92 Å². The van der Waals surface area contributed by atoms with Crippen molar-refractivity contribution in [3.8, 4) is 0 Å². The fraction of sp³-hybridized carbons (Fsp3) is 0.846. The molecule has 4 nitrogen and oxygen atoms in total. The maximum atomic E-state index is 11.8. The molecule has 1 aliphatic rings. The minimum Gasteiger partial charge on any atom is -0.352 e. The van der Waals surface area contributed by atoms with Crippen molar-refractivity contribution in [1.82, 2.24) is 10.6 Å². The van der Waals surface area contributed by atoms with Crippen molar-refractivity contribution >= 4 is 11.8 Å². The lowest BCUT2D eigenvalue weighted by Gasteiger charge is -2.26. The highest BCUT2D eigenvalue weighted by Crippen LogP contribution is 2.26. The molecule has 1 aliphatic carbocycles. The van der Waals surface area contributed by atoms with Crippen LogP contribution in [-0.4, -0.2) is 23.9 Å². The average molecular weight is 240 g/mol. The summed E-state index contributed by atoms with van der Waals surface area (Å²) in [4.78, 5) is 23.5. The van der Waals surface area contributed by atoms with Gasteiger partial charge in [-0.2, -0.15) is 0 Å².